The average molecular weight is 633 g/mol. The maximum absolute atomic E-state index is 15.3. The first-order valence-electron chi connectivity index (χ1n) is 14.2. The number of aliphatic hydroxyl groups excluding tert-OH is 1. The molecule has 232 valence electrons. The number of imidazole rings is 1. The highest BCUT2D eigenvalue weighted by atomic mass is 32.2. The maximum atomic E-state index is 15.3. The van der Waals surface area contributed by atoms with Crippen LogP contribution in [0.2, 0.25) is 0 Å². The molecule has 6 aromatic rings. The van der Waals surface area contributed by atoms with Crippen LogP contribution in [0.1, 0.15) is 31.7 Å². The van der Waals surface area contributed by atoms with Crippen LogP contribution in [0.15, 0.2) is 61.1 Å². The van der Waals surface area contributed by atoms with E-state index in [0.717, 1.165) is 19.1 Å². The van der Waals surface area contributed by atoms with Crippen LogP contribution in [-0.4, -0.2) is 56.1 Å². The summed E-state index contributed by atoms with van der Waals surface area (Å²) in [7, 11) is -3.48. The summed E-state index contributed by atoms with van der Waals surface area (Å²) in [5.74, 6) is -0.651. The molecule has 4 aromatic heterocycles. The number of unbranched alkanes of at least 4 members (excludes halogenated alkanes) is 1. The molecular formula is C31H30F2N8O3S. The third-order valence-electron chi connectivity index (χ3n) is 7.26. The Labute approximate surface area is 257 Å². The molecule has 2 aromatic carbocycles. The summed E-state index contributed by atoms with van der Waals surface area (Å²) < 4.78 is 55.4. The summed E-state index contributed by atoms with van der Waals surface area (Å²) >= 11 is 0. The lowest BCUT2D eigenvalue weighted by atomic mass is 10.0. The van der Waals surface area contributed by atoms with E-state index in [1.165, 1.54) is 18.2 Å². The van der Waals surface area contributed by atoms with Crippen LogP contribution in [0.25, 0.3) is 55.8 Å². The molecule has 1 unspecified atom stereocenters. The van der Waals surface area contributed by atoms with Gasteiger partial charge in [-0.25, -0.2) is 26.9 Å². The number of H-pyrrole nitrogens is 2. The van der Waals surface area contributed by atoms with Crippen molar-refractivity contribution >= 4 is 37.6 Å². The topological polar surface area (TPSA) is 162 Å². The van der Waals surface area contributed by atoms with E-state index < -0.39 is 27.9 Å². The van der Waals surface area contributed by atoms with Gasteiger partial charge in [0.2, 0.25) is 10.0 Å². The largest absolute Gasteiger partial charge is 0.374 e. The highest BCUT2D eigenvalue weighted by molar-refractivity contribution is 7.88. The number of fused-ring (bicyclic) bond motifs is 2. The standard InChI is InChI=1S/C31H30F2N8O3S/c1-3-4-5-27(42)37-21-11-19(15-34-16-21)22-12-23-26(13-24(22)33)40-41-29(23)31-38-25-6-7-35-28(30(25)39-31)18-8-17(9-20(32)10-18)14-36-45(2,43)44/h6-13,15-16,27,36-37,42H,3-5,14H2,1-2H3,(H,38,39)(H,40,41). The Morgan fingerprint density at radius 2 is 1.87 bits per heavy atom. The molecular weight excluding hydrogens is 602 g/mol. The highest BCUT2D eigenvalue weighted by Gasteiger charge is 2.19. The minimum absolute atomic E-state index is 0.0858. The number of hydrogen-bond acceptors (Lipinski definition) is 8. The van der Waals surface area contributed by atoms with E-state index in [1.54, 1.807) is 42.9 Å². The van der Waals surface area contributed by atoms with Crippen molar-refractivity contribution in [3.05, 3.63) is 78.3 Å². The quantitative estimate of drug-likeness (QED) is 0.117. The zero-order valence-corrected chi connectivity index (χ0v) is 25.2. The van der Waals surface area contributed by atoms with E-state index >= 15 is 4.39 Å². The van der Waals surface area contributed by atoms with Crippen molar-refractivity contribution < 1.29 is 22.3 Å². The normalized spacial score (nSPS) is 12.6. The molecule has 0 bridgehead atoms. The first-order chi connectivity index (χ1) is 21.6. The van der Waals surface area contributed by atoms with Crippen molar-refractivity contribution in [3.63, 3.8) is 0 Å². The number of rotatable bonds is 11. The summed E-state index contributed by atoms with van der Waals surface area (Å²) in [6.07, 6.45) is 7.36. The van der Waals surface area contributed by atoms with Crippen LogP contribution in [0.4, 0.5) is 14.5 Å². The molecule has 0 aliphatic heterocycles. The number of nitrogens with zero attached hydrogens (tertiary/aromatic N) is 4. The van der Waals surface area contributed by atoms with E-state index in [1.807, 2.05) is 6.92 Å². The number of benzene rings is 2. The minimum atomic E-state index is -3.48. The molecule has 0 spiro atoms. The fourth-order valence-corrected chi connectivity index (χ4v) is 5.56. The van der Waals surface area contributed by atoms with Crippen molar-refractivity contribution in [2.24, 2.45) is 0 Å². The van der Waals surface area contributed by atoms with E-state index in [-0.39, 0.29) is 12.1 Å². The molecule has 0 aliphatic rings. The second kappa shape index (κ2) is 12.3. The van der Waals surface area contributed by atoms with E-state index in [4.69, 9.17) is 4.98 Å². The summed E-state index contributed by atoms with van der Waals surface area (Å²) in [4.78, 5) is 16.7. The SMILES string of the molecule is CCCCC(O)Nc1cncc(-c2cc3c(-c4nc5c(-c6cc(F)cc(CNS(C)(=O)=O)c6)nccc5[nH]4)n[nH]c3cc2F)c1. The van der Waals surface area contributed by atoms with E-state index in [9.17, 15) is 17.9 Å². The molecule has 0 aliphatic carbocycles. The first kappa shape index (κ1) is 30.2. The molecule has 0 amide bonds. The van der Waals surface area contributed by atoms with Gasteiger partial charge in [-0.15, -0.1) is 0 Å². The lowest BCUT2D eigenvalue weighted by Gasteiger charge is -2.14. The van der Waals surface area contributed by atoms with Crippen molar-refractivity contribution in [2.45, 2.75) is 39.0 Å². The van der Waals surface area contributed by atoms with E-state index in [0.29, 0.717) is 67.9 Å². The Hall–Kier alpha value is -4.79. The lowest BCUT2D eigenvalue weighted by Crippen LogP contribution is -2.21. The van der Waals surface area contributed by atoms with Crippen LogP contribution >= 0.6 is 0 Å². The Kier molecular flexibility index (Phi) is 8.27. The number of sulfonamides is 1. The average Bonchev–Trinajstić information content (AvgIpc) is 3.61. The molecule has 45 heavy (non-hydrogen) atoms. The van der Waals surface area contributed by atoms with Gasteiger partial charge in [0.05, 0.1) is 34.9 Å². The first-order valence-corrected chi connectivity index (χ1v) is 16.1. The van der Waals surface area contributed by atoms with Gasteiger partial charge in [-0.1, -0.05) is 13.3 Å². The van der Waals surface area contributed by atoms with Crippen LogP contribution in [0.3, 0.4) is 0 Å². The number of aromatic amines is 2. The molecule has 0 saturated heterocycles. The Balaban J connectivity index is 1.37. The van der Waals surface area contributed by atoms with Crippen LogP contribution in [-0.2, 0) is 16.6 Å². The van der Waals surface area contributed by atoms with Crippen molar-refractivity contribution in [1.82, 2.24) is 34.9 Å². The van der Waals surface area contributed by atoms with Gasteiger partial charge in [-0.2, -0.15) is 5.10 Å². The monoisotopic (exact) mass is 632 g/mol. The summed E-state index contributed by atoms with van der Waals surface area (Å²) in [5, 5.41) is 21.2. The number of hydrogen-bond donors (Lipinski definition) is 5. The van der Waals surface area contributed by atoms with Crippen molar-refractivity contribution in [2.75, 3.05) is 11.6 Å². The minimum Gasteiger partial charge on any atom is -0.374 e. The second-order valence-corrected chi connectivity index (χ2v) is 12.6. The summed E-state index contributed by atoms with van der Waals surface area (Å²) in [5.41, 5.74) is 4.53. The number of aromatic nitrogens is 6. The number of nitrogens with one attached hydrogen (secondary N) is 4. The number of aliphatic hydroxyl groups is 1. The fraction of sp³-hybridized carbons (Fsp3) is 0.226. The Morgan fingerprint density at radius 3 is 2.67 bits per heavy atom. The smallest absolute Gasteiger partial charge is 0.209 e. The van der Waals surface area contributed by atoms with Gasteiger partial charge in [0.25, 0.3) is 0 Å². The third-order valence-corrected chi connectivity index (χ3v) is 7.93. The number of halogens is 2. The number of pyridine rings is 2. The molecule has 0 fully saturated rings. The van der Waals surface area contributed by atoms with Gasteiger partial charge in [0, 0.05) is 47.1 Å². The van der Waals surface area contributed by atoms with Gasteiger partial charge >= 0.3 is 0 Å². The Morgan fingerprint density at radius 1 is 1.02 bits per heavy atom. The molecule has 14 heteroatoms. The van der Waals surface area contributed by atoms with Crippen LogP contribution in [0.5, 0.6) is 0 Å². The zero-order chi connectivity index (χ0) is 31.7. The predicted molar refractivity (Wildman–Crippen MR) is 168 cm³/mol. The molecule has 0 saturated carbocycles. The van der Waals surface area contributed by atoms with Gasteiger partial charge < -0.3 is 15.4 Å². The van der Waals surface area contributed by atoms with Crippen LogP contribution < -0.4 is 10.0 Å². The van der Waals surface area contributed by atoms with Gasteiger partial charge in [0.15, 0.2) is 5.82 Å². The van der Waals surface area contributed by atoms with Crippen molar-refractivity contribution in [3.8, 4) is 33.9 Å². The molecule has 1 atom stereocenters. The summed E-state index contributed by atoms with van der Waals surface area (Å²) in [6.45, 7) is 1.96. The molecule has 5 N–H and O–H groups in total. The molecule has 11 nitrogen and oxygen atoms in total. The Bertz CT molecular complexity index is 2130. The maximum Gasteiger partial charge on any atom is 0.209 e. The molecule has 4 heterocycles. The van der Waals surface area contributed by atoms with E-state index in [2.05, 4.69) is 35.2 Å². The lowest BCUT2D eigenvalue weighted by molar-refractivity contribution is 0.190. The highest BCUT2D eigenvalue weighted by Crippen LogP contribution is 2.34. The number of anilines is 1. The van der Waals surface area contributed by atoms with Gasteiger partial charge in [-0.05, 0) is 54.8 Å². The third kappa shape index (κ3) is 6.67. The zero-order valence-electron chi connectivity index (χ0n) is 24.4. The van der Waals surface area contributed by atoms with Gasteiger partial charge in [-0.3, -0.25) is 15.1 Å². The van der Waals surface area contributed by atoms with Crippen LogP contribution in [0, 0.1) is 11.6 Å². The molecule has 0 radical (unpaired) electrons. The predicted octanol–water partition coefficient (Wildman–Crippen LogP) is 5.48. The molecule has 6 rings (SSSR count). The van der Waals surface area contributed by atoms with Gasteiger partial charge in [0.1, 0.15) is 29.1 Å². The van der Waals surface area contributed by atoms with Crippen molar-refractivity contribution in [1.29, 1.82) is 0 Å². The second-order valence-electron chi connectivity index (χ2n) is 10.8. The summed E-state index contributed by atoms with van der Waals surface area (Å²) in [6, 6.07) is 10.7. The fourth-order valence-electron chi connectivity index (χ4n) is 5.13.